The van der Waals surface area contributed by atoms with Crippen LogP contribution >= 0.6 is 23.1 Å². The maximum Gasteiger partial charge on any atom is 0.150 e. The molecule has 1 heterocycles. The van der Waals surface area contributed by atoms with Crippen LogP contribution in [0.2, 0.25) is 0 Å². The molecular weight excluding hydrogens is 248 g/mol. The Morgan fingerprint density at radius 3 is 3.00 bits per heavy atom. The van der Waals surface area contributed by atoms with Crippen molar-refractivity contribution >= 4 is 23.1 Å². The molecule has 1 saturated carbocycles. The summed E-state index contributed by atoms with van der Waals surface area (Å²) >= 11 is 3.77. The average molecular weight is 270 g/mol. The van der Waals surface area contributed by atoms with Gasteiger partial charge in [0.25, 0.3) is 0 Å². The molecule has 1 aromatic heterocycles. The van der Waals surface area contributed by atoms with Gasteiger partial charge in [-0.05, 0) is 38.6 Å². The van der Waals surface area contributed by atoms with Crippen molar-refractivity contribution in [2.24, 2.45) is 5.92 Å². The molecule has 17 heavy (non-hydrogen) atoms. The third-order valence-corrected chi connectivity index (χ3v) is 6.08. The minimum atomic E-state index is 0.716. The average Bonchev–Trinajstić information content (AvgIpc) is 2.86. The summed E-state index contributed by atoms with van der Waals surface area (Å²) < 4.78 is 1.25. The van der Waals surface area contributed by atoms with Crippen LogP contribution < -0.4 is 5.32 Å². The third kappa shape index (κ3) is 3.46. The molecular formula is C13H22N2S2. The Morgan fingerprint density at radius 2 is 2.35 bits per heavy atom. The molecule has 0 amide bonds. The molecule has 1 fully saturated rings. The molecule has 0 aliphatic heterocycles. The van der Waals surface area contributed by atoms with E-state index in [2.05, 4.69) is 36.5 Å². The number of aromatic nitrogens is 1. The van der Waals surface area contributed by atoms with Gasteiger partial charge in [0.05, 0.1) is 0 Å². The molecule has 0 saturated heterocycles. The highest BCUT2D eigenvalue weighted by molar-refractivity contribution is 8.01. The number of thioether (sulfide) groups is 1. The smallest absolute Gasteiger partial charge is 0.150 e. The third-order valence-electron chi connectivity index (χ3n) is 3.49. The summed E-state index contributed by atoms with van der Waals surface area (Å²) in [4.78, 5) is 4.56. The maximum atomic E-state index is 4.56. The first-order chi connectivity index (χ1) is 8.20. The highest BCUT2D eigenvalue weighted by Gasteiger charge is 2.33. The predicted molar refractivity (Wildman–Crippen MR) is 77.0 cm³/mol. The van der Waals surface area contributed by atoms with Crippen LogP contribution in [0, 0.1) is 12.8 Å². The molecule has 1 aromatic rings. The van der Waals surface area contributed by atoms with Crippen LogP contribution in [0.5, 0.6) is 0 Å². The quantitative estimate of drug-likeness (QED) is 0.883. The van der Waals surface area contributed by atoms with Crippen molar-refractivity contribution in [3.63, 3.8) is 0 Å². The maximum absolute atomic E-state index is 4.56. The second-order valence-corrected chi connectivity index (χ2v) is 7.25. The Labute approximate surface area is 113 Å². The van der Waals surface area contributed by atoms with E-state index in [0.717, 1.165) is 23.4 Å². The SMILES string of the molecule is CCCNC1CCC(Sc2nc(C)cs2)C1C. The molecule has 0 bridgehead atoms. The van der Waals surface area contributed by atoms with E-state index in [4.69, 9.17) is 0 Å². The molecule has 4 heteroatoms. The number of nitrogens with zero attached hydrogens (tertiary/aromatic N) is 1. The van der Waals surface area contributed by atoms with E-state index in [0.29, 0.717) is 6.04 Å². The Morgan fingerprint density at radius 1 is 1.53 bits per heavy atom. The van der Waals surface area contributed by atoms with Gasteiger partial charge in [-0.3, -0.25) is 0 Å². The fourth-order valence-corrected chi connectivity index (χ4v) is 4.80. The van der Waals surface area contributed by atoms with E-state index < -0.39 is 0 Å². The van der Waals surface area contributed by atoms with E-state index in [1.54, 1.807) is 11.3 Å². The highest BCUT2D eigenvalue weighted by Crippen LogP contribution is 2.39. The van der Waals surface area contributed by atoms with Crippen molar-refractivity contribution in [1.29, 1.82) is 0 Å². The molecule has 2 rings (SSSR count). The second-order valence-electron chi connectivity index (χ2n) is 4.91. The zero-order valence-electron chi connectivity index (χ0n) is 10.9. The number of thiazole rings is 1. The number of hydrogen-bond acceptors (Lipinski definition) is 4. The molecule has 0 spiro atoms. The van der Waals surface area contributed by atoms with Gasteiger partial charge in [-0.15, -0.1) is 11.3 Å². The lowest BCUT2D eigenvalue weighted by atomic mass is 10.1. The Hall–Kier alpha value is -0.0600. The first-order valence-electron chi connectivity index (χ1n) is 6.53. The van der Waals surface area contributed by atoms with Gasteiger partial charge in [0.2, 0.25) is 0 Å². The van der Waals surface area contributed by atoms with E-state index in [1.807, 2.05) is 11.8 Å². The summed E-state index contributed by atoms with van der Waals surface area (Å²) in [5.41, 5.74) is 1.16. The Kier molecular flexibility index (Phi) is 4.88. The minimum absolute atomic E-state index is 0.716. The van der Waals surface area contributed by atoms with Gasteiger partial charge >= 0.3 is 0 Å². The second kappa shape index (κ2) is 6.21. The summed E-state index contributed by atoms with van der Waals surface area (Å²) in [6, 6.07) is 0.716. The van der Waals surface area contributed by atoms with Crippen molar-refractivity contribution in [1.82, 2.24) is 10.3 Å². The highest BCUT2D eigenvalue weighted by atomic mass is 32.2. The van der Waals surface area contributed by atoms with Crippen LogP contribution in [-0.4, -0.2) is 22.8 Å². The number of aryl methyl sites for hydroxylation is 1. The van der Waals surface area contributed by atoms with Crippen molar-refractivity contribution < 1.29 is 0 Å². The Bertz CT molecular complexity index is 351. The lowest BCUT2D eigenvalue weighted by Crippen LogP contribution is -2.33. The summed E-state index contributed by atoms with van der Waals surface area (Å²) in [5, 5.41) is 6.56. The summed E-state index contributed by atoms with van der Waals surface area (Å²) in [7, 11) is 0. The van der Waals surface area contributed by atoms with Crippen LogP contribution in [0.3, 0.4) is 0 Å². The van der Waals surface area contributed by atoms with E-state index in [-0.39, 0.29) is 0 Å². The normalized spacial score (nSPS) is 28.8. The van der Waals surface area contributed by atoms with E-state index in [9.17, 15) is 0 Å². The summed E-state index contributed by atoms with van der Waals surface area (Å²) in [6.07, 6.45) is 3.88. The largest absolute Gasteiger partial charge is 0.314 e. The van der Waals surface area contributed by atoms with Gasteiger partial charge in [0.15, 0.2) is 0 Å². The van der Waals surface area contributed by atoms with Gasteiger partial charge in [0, 0.05) is 22.4 Å². The predicted octanol–water partition coefficient (Wildman–Crippen LogP) is 3.71. The van der Waals surface area contributed by atoms with Crippen LogP contribution in [0.25, 0.3) is 0 Å². The van der Waals surface area contributed by atoms with Crippen molar-refractivity contribution in [2.75, 3.05) is 6.54 Å². The first-order valence-corrected chi connectivity index (χ1v) is 8.28. The molecule has 1 N–H and O–H groups in total. The zero-order chi connectivity index (χ0) is 12.3. The number of hydrogen-bond donors (Lipinski definition) is 1. The molecule has 1 aliphatic rings. The fraction of sp³-hybridized carbons (Fsp3) is 0.769. The first kappa shape index (κ1) is 13.4. The van der Waals surface area contributed by atoms with E-state index >= 15 is 0 Å². The van der Waals surface area contributed by atoms with Gasteiger partial charge in [-0.2, -0.15) is 0 Å². The van der Waals surface area contributed by atoms with Crippen molar-refractivity contribution in [3.05, 3.63) is 11.1 Å². The molecule has 3 unspecified atom stereocenters. The van der Waals surface area contributed by atoms with Crippen LogP contribution in [0.15, 0.2) is 9.72 Å². The van der Waals surface area contributed by atoms with Crippen LogP contribution in [-0.2, 0) is 0 Å². The molecule has 0 radical (unpaired) electrons. The van der Waals surface area contributed by atoms with E-state index in [1.165, 1.54) is 23.6 Å². The summed E-state index contributed by atoms with van der Waals surface area (Å²) in [5.74, 6) is 0.760. The monoisotopic (exact) mass is 270 g/mol. The summed E-state index contributed by atoms with van der Waals surface area (Å²) in [6.45, 7) is 7.85. The Balaban J connectivity index is 1.86. The van der Waals surface area contributed by atoms with Crippen LogP contribution in [0.1, 0.15) is 38.8 Å². The molecule has 96 valence electrons. The number of nitrogens with one attached hydrogen (secondary N) is 1. The van der Waals surface area contributed by atoms with Gasteiger partial charge in [0.1, 0.15) is 4.34 Å². The van der Waals surface area contributed by atoms with Gasteiger partial charge in [-0.1, -0.05) is 25.6 Å². The molecule has 1 aliphatic carbocycles. The van der Waals surface area contributed by atoms with Gasteiger partial charge < -0.3 is 5.32 Å². The van der Waals surface area contributed by atoms with Gasteiger partial charge in [-0.25, -0.2) is 4.98 Å². The molecule has 0 aromatic carbocycles. The minimum Gasteiger partial charge on any atom is -0.314 e. The lowest BCUT2D eigenvalue weighted by molar-refractivity contribution is 0.432. The lowest BCUT2D eigenvalue weighted by Gasteiger charge is -2.20. The van der Waals surface area contributed by atoms with Crippen molar-refractivity contribution in [3.8, 4) is 0 Å². The number of rotatable bonds is 5. The van der Waals surface area contributed by atoms with Crippen LogP contribution in [0.4, 0.5) is 0 Å². The zero-order valence-corrected chi connectivity index (χ0v) is 12.5. The van der Waals surface area contributed by atoms with Crippen molar-refractivity contribution in [2.45, 2.75) is 55.7 Å². The molecule has 2 nitrogen and oxygen atoms in total. The topological polar surface area (TPSA) is 24.9 Å². The molecule has 3 atom stereocenters. The fourth-order valence-electron chi connectivity index (χ4n) is 2.43. The standard InChI is InChI=1S/C13H22N2S2/c1-4-7-14-11-5-6-12(10(11)3)17-13-15-9(2)8-16-13/h8,10-12,14H,4-7H2,1-3H3.